The van der Waals surface area contributed by atoms with Crippen molar-refractivity contribution >= 4 is 11.6 Å². The molecule has 2 bridgehead atoms. The largest absolute Gasteiger partial charge is 0.300 e. The molecule has 3 fully saturated rings. The zero-order chi connectivity index (χ0) is 10.5. The van der Waals surface area contributed by atoms with E-state index in [0.29, 0.717) is 18.1 Å². The van der Waals surface area contributed by atoms with Gasteiger partial charge in [-0.05, 0) is 31.1 Å². The third-order valence-corrected chi connectivity index (χ3v) is 4.20. The Morgan fingerprint density at radius 3 is 2.57 bits per heavy atom. The molecule has 0 aliphatic heterocycles. The van der Waals surface area contributed by atoms with Gasteiger partial charge in [-0.2, -0.15) is 0 Å². The predicted molar refractivity (Wildman–Crippen MR) is 53.8 cm³/mol. The van der Waals surface area contributed by atoms with Crippen LogP contribution in [0.5, 0.6) is 0 Å². The monoisotopic (exact) mass is 194 g/mol. The quantitative estimate of drug-likeness (QED) is 0.641. The van der Waals surface area contributed by atoms with Gasteiger partial charge in [0.15, 0.2) is 0 Å². The van der Waals surface area contributed by atoms with Crippen LogP contribution in [0.1, 0.15) is 40.0 Å². The van der Waals surface area contributed by atoms with Gasteiger partial charge in [-0.15, -0.1) is 0 Å². The first-order chi connectivity index (χ1) is 6.42. The van der Waals surface area contributed by atoms with Gasteiger partial charge in [0.05, 0.1) is 0 Å². The highest BCUT2D eigenvalue weighted by molar-refractivity contribution is 5.87. The van der Waals surface area contributed by atoms with Gasteiger partial charge in [-0.1, -0.05) is 13.8 Å². The molecule has 0 aromatic heterocycles. The molecule has 0 amide bonds. The summed E-state index contributed by atoms with van der Waals surface area (Å²) in [7, 11) is 0. The van der Waals surface area contributed by atoms with Crippen molar-refractivity contribution in [1.82, 2.24) is 0 Å². The van der Waals surface area contributed by atoms with E-state index in [0.717, 1.165) is 12.8 Å². The minimum atomic E-state index is 0.154. The van der Waals surface area contributed by atoms with Gasteiger partial charge in [0.2, 0.25) is 0 Å². The van der Waals surface area contributed by atoms with Crippen molar-refractivity contribution in [3.63, 3.8) is 0 Å². The van der Waals surface area contributed by atoms with E-state index in [2.05, 4.69) is 13.8 Å². The molecule has 3 aliphatic rings. The summed E-state index contributed by atoms with van der Waals surface area (Å²) >= 11 is 0. The summed E-state index contributed by atoms with van der Waals surface area (Å²) in [5.74, 6) is 1.30. The average molecular weight is 194 g/mol. The molecule has 3 atom stereocenters. The van der Waals surface area contributed by atoms with E-state index >= 15 is 0 Å². The number of rotatable bonds is 1. The highest BCUT2D eigenvalue weighted by Gasteiger charge is 2.51. The van der Waals surface area contributed by atoms with Crippen LogP contribution in [-0.4, -0.2) is 11.6 Å². The molecule has 0 N–H and O–H groups in total. The Kier molecular flexibility index (Phi) is 2.06. The van der Waals surface area contributed by atoms with Crippen LogP contribution in [0.25, 0.3) is 0 Å². The van der Waals surface area contributed by atoms with Crippen molar-refractivity contribution in [1.29, 1.82) is 0 Å². The summed E-state index contributed by atoms with van der Waals surface area (Å²) < 4.78 is 0. The second-order valence-corrected chi connectivity index (χ2v) is 5.62. The molecule has 0 aromatic rings. The average Bonchev–Trinajstić information content (AvgIpc) is 2.05. The molecule has 3 rings (SSSR count). The van der Waals surface area contributed by atoms with Crippen LogP contribution in [0.4, 0.5) is 0 Å². The molecule has 14 heavy (non-hydrogen) atoms. The SMILES string of the molecule is CC(=O)C1CC2CC(C)(C)C1CC2=O. The Bertz CT molecular complexity index is 291. The van der Waals surface area contributed by atoms with E-state index in [4.69, 9.17) is 0 Å². The second kappa shape index (κ2) is 2.91. The lowest BCUT2D eigenvalue weighted by atomic mass is 9.52. The fourth-order valence-corrected chi connectivity index (χ4v) is 3.38. The van der Waals surface area contributed by atoms with E-state index < -0.39 is 0 Å². The Hall–Kier alpha value is -0.660. The molecule has 3 saturated carbocycles. The highest BCUT2D eigenvalue weighted by atomic mass is 16.1. The Labute approximate surface area is 85.1 Å². The number of hydrogen-bond acceptors (Lipinski definition) is 2. The standard InChI is InChI=1S/C12H18O2/c1-7(13)9-4-8-6-12(2,3)10(9)5-11(8)14/h8-10H,4-6H2,1-3H3. The molecule has 3 aliphatic carbocycles. The number of carbonyl (C=O) groups excluding carboxylic acids is 2. The summed E-state index contributed by atoms with van der Waals surface area (Å²) in [6.07, 6.45) is 2.45. The molecule has 0 saturated heterocycles. The van der Waals surface area contributed by atoms with E-state index in [1.165, 1.54) is 0 Å². The van der Waals surface area contributed by atoms with Crippen LogP contribution in [0, 0.1) is 23.2 Å². The lowest BCUT2D eigenvalue weighted by molar-refractivity contribution is -0.145. The Morgan fingerprint density at radius 2 is 2.07 bits per heavy atom. The summed E-state index contributed by atoms with van der Waals surface area (Å²) in [4.78, 5) is 23.1. The van der Waals surface area contributed by atoms with E-state index in [-0.39, 0.29) is 23.0 Å². The summed E-state index contributed by atoms with van der Waals surface area (Å²) in [6.45, 7) is 6.07. The Morgan fingerprint density at radius 1 is 1.43 bits per heavy atom. The smallest absolute Gasteiger partial charge is 0.136 e. The number of Topliss-reactive ketones (excluding diaryl/α,β-unsaturated/α-hetero) is 2. The number of carbonyl (C=O) groups is 2. The van der Waals surface area contributed by atoms with Gasteiger partial charge in [-0.25, -0.2) is 0 Å². The summed E-state index contributed by atoms with van der Waals surface area (Å²) in [6, 6.07) is 0. The lowest BCUT2D eigenvalue weighted by Crippen LogP contribution is -2.50. The van der Waals surface area contributed by atoms with Gasteiger partial charge in [0.1, 0.15) is 11.6 Å². The summed E-state index contributed by atoms with van der Waals surface area (Å²) in [5.41, 5.74) is 0.188. The minimum Gasteiger partial charge on any atom is -0.300 e. The van der Waals surface area contributed by atoms with Crippen LogP contribution in [0.3, 0.4) is 0 Å². The topological polar surface area (TPSA) is 34.1 Å². The fraction of sp³-hybridized carbons (Fsp3) is 0.833. The van der Waals surface area contributed by atoms with Gasteiger partial charge < -0.3 is 0 Å². The lowest BCUT2D eigenvalue weighted by Gasteiger charge is -2.50. The van der Waals surface area contributed by atoms with E-state index in [1.807, 2.05) is 0 Å². The first kappa shape index (κ1) is 9.88. The molecule has 0 spiro atoms. The first-order valence-corrected chi connectivity index (χ1v) is 5.45. The molecule has 2 nitrogen and oxygen atoms in total. The Balaban J connectivity index is 2.30. The van der Waals surface area contributed by atoms with Crippen molar-refractivity contribution in [3.05, 3.63) is 0 Å². The normalized spacial score (nSPS) is 39.9. The molecule has 0 radical (unpaired) electrons. The maximum absolute atomic E-state index is 11.6. The van der Waals surface area contributed by atoms with Crippen LogP contribution in [-0.2, 0) is 9.59 Å². The van der Waals surface area contributed by atoms with Crippen LogP contribution in [0.15, 0.2) is 0 Å². The fourth-order valence-electron chi connectivity index (χ4n) is 3.38. The predicted octanol–water partition coefficient (Wildman–Crippen LogP) is 2.22. The molecular formula is C12H18O2. The van der Waals surface area contributed by atoms with Crippen LogP contribution in [0.2, 0.25) is 0 Å². The van der Waals surface area contributed by atoms with Crippen molar-refractivity contribution < 1.29 is 9.59 Å². The minimum absolute atomic E-state index is 0.154. The van der Waals surface area contributed by atoms with Crippen molar-refractivity contribution in [3.8, 4) is 0 Å². The van der Waals surface area contributed by atoms with Gasteiger partial charge in [0, 0.05) is 18.3 Å². The molecule has 78 valence electrons. The van der Waals surface area contributed by atoms with Gasteiger partial charge in [-0.3, -0.25) is 9.59 Å². The van der Waals surface area contributed by atoms with Crippen LogP contribution < -0.4 is 0 Å². The third kappa shape index (κ3) is 1.32. The maximum atomic E-state index is 11.6. The zero-order valence-corrected chi connectivity index (χ0v) is 9.17. The summed E-state index contributed by atoms with van der Waals surface area (Å²) in [5, 5.41) is 0. The molecule has 0 heterocycles. The second-order valence-electron chi connectivity index (χ2n) is 5.62. The van der Waals surface area contributed by atoms with E-state index in [1.54, 1.807) is 6.92 Å². The molecule has 0 aromatic carbocycles. The highest BCUT2D eigenvalue weighted by Crippen LogP contribution is 2.53. The first-order valence-electron chi connectivity index (χ1n) is 5.45. The zero-order valence-electron chi connectivity index (χ0n) is 9.17. The van der Waals surface area contributed by atoms with E-state index in [9.17, 15) is 9.59 Å². The van der Waals surface area contributed by atoms with Crippen molar-refractivity contribution in [2.45, 2.75) is 40.0 Å². The maximum Gasteiger partial charge on any atom is 0.136 e. The molecule has 3 unspecified atom stereocenters. The number of hydrogen-bond donors (Lipinski definition) is 0. The van der Waals surface area contributed by atoms with Crippen molar-refractivity contribution in [2.75, 3.05) is 0 Å². The van der Waals surface area contributed by atoms with Gasteiger partial charge in [0.25, 0.3) is 0 Å². The molecular weight excluding hydrogens is 176 g/mol. The molecule has 2 heteroatoms. The third-order valence-electron chi connectivity index (χ3n) is 4.20. The van der Waals surface area contributed by atoms with Crippen LogP contribution >= 0.6 is 0 Å². The van der Waals surface area contributed by atoms with Crippen molar-refractivity contribution in [2.24, 2.45) is 23.2 Å². The number of fused-ring (bicyclic) bond motifs is 3. The number of ketones is 2. The van der Waals surface area contributed by atoms with Gasteiger partial charge >= 0.3 is 0 Å².